The van der Waals surface area contributed by atoms with Crippen molar-refractivity contribution in [2.75, 3.05) is 13.1 Å². The van der Waals surface area contributed by atoms with Crippen LogP contribution in [0.1, 0.15) is 46.5 Å². The first kappa shape index (κ1) is 20.4. The Bertz CT molecular complexity index is 1330. The van der Waals surface area contributed by atoms with E-state index in [1.54, 1.807) is 11.8 Å². The zero-order valence-electron chi connectivity index (χ0n) is 16.9. The Morgan fingerprint density at radius 3 is 2.59 bits per heavy atom. The number of carbonyl (C=O) groups excluding carboxylic acids is 1. The predicted octanol–water partition coefficient (Wildman–Crippen LogP) is 4.09. The molecule has 0 bridgehead atoms. The lowest BCUT2D eigenvalue weighted by Crippen LogP contribution is -2.38. The Hall–Kier alpha value is -3.50. The van der Waals surface area contributed by atoms with Crippen molar-refractivity contribution in [3.63, 3.8) is 0 Å². The molecule has 7 nitrogen and oxygen atoms in total. The normalized spacial score (nSPS) is 15.7. The summed E-state index contributed by atoms with van der Waals surface area (Å²) in [7, 11) is 0. The fourth-order valence-electron chi connectivity index (χ4n) is 4.13. The molecule has 1 saturated heterocycles. The number of nitrogens with one attached hydrogen (secondary N) is 1. The van der Waals surface area contributed by atoms with E-state index >= 15 is 0 Å². The average molecular weight is 446 g/mol. The molecule has 1 aliphatic rings. The van der Waals surface area contributed by atoms with Gasteiger partial charge in [0.15, 0.2) is 11.5 Å². The lowest BCUT2D eigenvalue weighted by atomic mass is 9.92. The Balaban J connectivity index is 1.36. The van der Waals surface area contributed by atoms with Gasteiger partial charge in [0.1, 0.15) is 11.5 Å². The quantitative estimate of drug-likeness (QED) is 0.471. The Kier molecular flexibility index (Phi) is 4.64. The van der Waals surface area contributed by atoms with Crippen LogP contribution in [0.15, 0.2) is 30.3 Å². The maximum Gasteiger partial charge on any atom is 0.433 e. The molecule has 0 saturated carbocycles. The highest BCUT2D eigenvalue weighted by atomic mass is 19.4. The Morgan fingerprint density at radius 1 is 1.12 bits per heavy atom. The van der Waals surface area contributed by atoms with Crippen molar-refractivity contribution >= 4 is 22.6 Å². The third kappa shape index (κ3) is 3.57. The number of aromatic amines is 1. The summed E-state index contributed by atoms with van der Waals surface area (Å²) in [6.45, 7) is 2.31. The number of benzene rings is 1. The minimum Gasteiger partial charge on any atom is -0.336 e. The minimum atomic E-state index is -4.56. The van der Waals surface area contributed by atoms with Crippen LogP contribution in [-0.2, 0) is 6.18 Å². The molecular formula is C21H18F4N6O. The smallest absolute Gasteiger partial charge is 0.336 e. The molecule has 4 heterocycles. The maximum atomic E-state index is 13.6. The summed E-state index contributed by atoms with van der Waals surface area (Å²) in [5, 5.41) is 3.91. The number of likely N-dealkylation sites (tertiary alicyclic amines) is 1. The van der Waals surface area contributed by atoms with Gasteiger partial charge >= 0.3 is 6.18 Å². The van der Waals surface area contributed by atoms with Gasteiger partial charge in [-0.3, -0.25) is 4.79 Å². The molecule has 5 rings (SSSR count). The zero-order chi connectivity index (χ0) is 22.6. The first-order valence-corrected chi connectivity index (χ1v) is 10.1. The molecule has 1 fully saturated rings. The van der Waals surface area contributed by atoms with Gasteiger partial charge in [-0.15, -0.1) is 0 Å². The second kappa shape index (κ2) is 7.28. The van der Waals surface area contributed by atoms with Crippen molar-refractivity contribution < 1.29 is 22.4 Å². The number of hydrogen-bond acceptors (Lipinski definition) is 4. The van der Waals surface area contributed by atoms with Gasteiger partial charge in [0.2, 0.25) is 0 Å². The molecule has 0 atom stereocenters. The third-order valence-electron chi connectivity index (χ3n) is 5.71. The molecule has 1 aromatic carbocycles. The lowest BCUT2D eigenvalue weighted by molar-refractivity contribution is -0.142. The van der Waals surface area contributed by atoms with Crippen molar-refractivity contribution in [2.24, 2.45) is 0 Å². The Morgan fingerprint density at radius 2 is 1.88 bits per heavy atom. The van der Waals surface area contributed by atoms with Crippen LogP contribution in [0.4, 0.5) is 17.6 Å². The van der Waals surface area contributed by atoms with Gasteiger partial charge in [-0.05, 0) is 44.0 Å². The third-order valence-corrected chi connectivity index (χ3v) is 5.71. The molecule has 0 unspecified atom stereocenters. The van der Waals surface area contributed by atoms with Crippen molar-refractivity contribution in [1.29, 1.82) is 0 Å². The first-order chi connectivity index (χ1) is 15.2. The molecule has 1 aliphatic heterocycles. The number of H-pyrrole nitrogens is 1. The summed E-state index contributed by atoms with van der Waals surface area (Å²) in [4.78, 5) is 25.9. The van der Waals surface area contributed by atoms with Crippen molar-refractivity contribution in [3.05, 3.63) is 59.1 Å². The number of hydrogen-bond donors (Lipinski definition) is 1. The molecule has 0 spiro atoms. The fraction of sp³-hybridized carbons (Fsp3) is 0.333. The summed E-state index contributed by atoms with van der Waals surface area (Å²) < 4.78 is 54.9. The Labute approximate surface area is 179 Å². The van der Waals surface area contributed by atoms with E-state index in [0.29, 0.717) is 48.4 Å². The van der Waals surface area contributed by atoms with Crippen LogP contribution in [0.25, 0.3) is 16.7 Å². The van der Waals surface area contributed by atoms with Crippen molar-refractivity contribution in [3.8, 4) is 0 Å². The summed E-state index contributed by atoms with van der Waals surface area (Å²) in [6, 6.07) is 6.59. The summed E-state index contributed by atoms with van der Waals surface area (Å²) in [5.41, 5.74) is 0.996. The minimum absolute atomic E-state index is 0.109. The second-order valence-electron chi connectivity index (χ2n) is 7.93. The van der Waals surface area contributed by atoms with Gasteiger partial charge in [0, 0.05) is 30.8 Å². The van der Waals surface area contributed by atoms with Crippen molar-refractivity contribution in [2.45, 2.75) is 31.9 Å². The number of imidazole rings is 1. The van der Waals surface area contributed by atoms with E-state index in [9.17, 15) is 22.4 Å². The van der Waals surface area contributed by atoms with E-state index in [1.807, 2.05) is 0 Å². The summed E-state index contributed by atoms with van der Waals surface area (Å²) in [6.07, 6.45) is -3.63. The van der Waals surface area contributed by atoms with E-state index in [-0.39, 0.29) is 23.3 Å². The maximum absolute atomic E-state index is 13.6. The van der Waals surface area contributed by atoms with Gasteiger partial charge in [-0.1, -0.05) is 0 Å². The summed E-state index contributed by atoms with van der Waals surface area (Å²) in [5.74, 6) is -0.870. The van der Waals surface area contributed by atoms with Gasteiger partial charge in [0.25, 0.3) is 5.91 Å². The van der Waals surface area contributed by atoms with E-state index in [2.05, 4.69) is 20.1 Å². The zero-order valence-corrected chi connectivity index (χ0v) is 16.9. The van der Waals surface area contributed by atoms with E-state index < -0.39 is 17.7 Å². The molecular weight excluding hydrogens is 428 g/mol. The van der Waals surface area contributed by atoms with Crippen LogP contribution in [-0.4, -0.2) is 48.5 Å². The molecule has 0 aliphatic carbocycles. The highest BCUT2D eigenvalue weighted by Crippen LogP contribution is 2.34. The molecule has 166 valence electrons. The van der Waals surface area contributed by atoms with Crippen LogP contribution in [0.2, 0.25) is 0 Å². The fourth-order valence-corrected chi connectivity index (χ4v) is 4.13. The van der Waals surface area contributed by atoms with E-state index in [1.165, 1.54) is 24.3 Å². The van der Waals surface area contributed by atoms with E-state index in [4.69, 9.17) is 0 Å². The lowest BCUT2D eigenvalue weighted by Gasteiger charge is -2.31. The molecule has 1 N–H and O–H groups in total. The number of amides is 1. The topological polar surface area (TPSA) is 79.2 Å². The van der Waals surface area contributed by atoms with Crippen molar-refractivity contribution in [1.82, 2.24) is 29.5 Å². The number of carbonyl (C=O) groups is 1. The van der Waals surface area contributed by atoms with Crippen LogP contribution >= 0.6 is 0 Å². The van der Waals surface area contributed by atoms with Crippen LogP contribution < -0.4 is 0 Å². The molecule has 32 heavy (non-hydrogen) atoms. The van der Waals surface area contributed by atoms with Gasteiger partial charge < -0.3 is 9.88 Å². The van der Waals surface area contributed by atoms with E-state index in [0.717, 1.165) is 10.6 Å². The molecule has 11 heteroatoms. The standard InChI is InChI=1S/C21H18F4N6O/c1-11-8-18-26-15(10-17(21(23,24)25)31(18)29-11)12-4-6-30(7-5-12)20(32)19-27-14-3-2-13(22)9-16(14)28-19/h2-3,8-10,12H,4-7H2,1H3,(H,27,28). The van der Waals surface area contributed by atoms with Crippen LogP contribution in [0.5, 0.6) is 0 Å². The highest BCUT2D eigenvalue weighted by molar-refractivity contribution is 5.94. The SMILES string of the molecule is Cc1cc2nc(C3CCN(C(=O)c4nc5ccc(F)cc5[nH]4)CC3)cc(C(F)(F)F)n2n1. The molecule has 1 amide bonds. The predicted molar refractivity (Wildman–Crippen MR) is 107 cm³/mol. The largest absolute Gasteiger partial charge is 0.433 e. The number of halogens is 4. The van der Waals surface area contributed by atoms with Crippen LogP contribution in [0.3, 0.4) is 0 Å². The monoisotopic (exact) mass is 446 g/mol. The molecule has 4 aromatic rings. The van der Waals surface area contributed by atoms with Gasteiger partial charge in [-0.2, -0.15) is 18.3 Å². The first-order valence-electron chi connectivity index (χ1n) is 10.1. The number of rotatable bonds is 2. The number of aryl methyl sites for hydroxylation is 1. The average Bonchev–Trinajstić information content (AvgIpc) is 3.33. The second-order valence-corrected chi connectivity index (χ2v) is 7.93. The number of alkyl halides is 3. The van der Waals surface area contributed by atoms with Gasteiger partial charge in [-0.25, -0.2) is 18.9 Å². The summed E-state index contributed by atoms with van der Waals surface area (Å²) >= 11 is 0. The number of aromatic nitrogens is 5. The number of nitrogens with zero attached hydrogens (tertiary/aromatic N) is 5. The number of fused-ring (bicyclic) bond motifs is 2. The van der Waals surface area contributed by atoms with Gasteiger partial charge in [0.05, 0.1) is 16.7 Å². The van der Waals surface area contributed by atoms with Crippen LogP contribution in [0, 0.1) is 12.7 Å². The molecule has 3 aromatic heterocycles. The molecule has 0 radical (unpaired) electrons. The number of piperidine rings is 1. The highest BCUT2D eigenvalue weighted by Gasteiger charge is 2.36.